The molecule has 0 fully saturated rings. The molecule has 0 bridgehead atoms. The minimum atomic E-state index is -3.91. The van der Waals surface area contributed by atoms with Crippen LogP contribution in [0.5, 0.6) is 0 Å². The van der Waals surface area contributed by atoms with Crippen LogP contribution in [0.25, 0.3) is 0 Å². The molecule has 1 unspecified atom stereocenters. The van der Waals surface area contributed by atoms with Crippen molar-refractivity contribution in [3.8, 4) is 0 Å². The summed E-state index contributed by atoms with van der Waals surface area (Å²) >= 11 is 3.11. The summed E-state index contributed by atoms with van der Waals surface area (Å²) in [4.78, 5) is 21.9. The van der Waals surface area contributed by atoms with Gasteiger partial charge in [0.2, 0.25) is 15.9 Å². The summed E-state index contributed by atoms with van der Waals surface area (Å²) in [6, 6.07) is 3.88. The number of carbonyl (C=O) groups excluding carboxylic acids is 1. The number of sulfonamides is 1. The highest BCUT2D eigenvalue weighted by molar-refractivity contribution is 9.10. The molecule has 0 aromatic heterocycles. The van der Waals surface area contributed by atoms with Crippen LogP contribution in [0.4, 0.5) is 0 Å². The molecule has 0 saturated heterocycles. The number of carbonyl (C=O) groups is 2. The number of halogens is 1. The number of aliphatic carboxylic acids is 1. The summed E-state index contributed by atoms with van der Waals surface area (Å²) in [7, 11) is -2.64. The van der Waals surface area contributed by atoms with Gasteiger partial charge in [-0.25, -0.2) is 12.7 Å². The van der Waals surface area contributed by atoms with E-state index in [2.05, 4.69) is 15.9 Å². The van der Waals surface area contributed by atoms with E-state index in [1.54, 1.807) is 0 Å². The van der Waals surface area contributed by atoms with Crippen LogP contribution in [0.2, 0.25) is 0 Å². The van der Waals surface area contributed by atoms with Gasteiger partial charge in [-0.15, -0.1) is 0 Å². The van der Waals surface area contributed by atoms with Crippen molar-refractivity contribution < 1.29 is 23.1 Å². The first-order valence-electron chi connectivity index (χ1n) is 5.85. The van der Waals surface area contributed by atoms with Crippen LogP contribution >= 0.6 is 15.9 Å². The van der Waals surface area contributed by atoms with Gasteiger partial charge in [0.1, 0.15) is 0 Å². The minimum absolute atomic E-state index is 0.0441. The van der Waals surface area contributed by atoms with E-state index < -0.39 is 27.8 Å². The Kier molecular flexibility index (Phi) is 5.48. The number of amides is 1. The number of hydrogen-bond acceptors (Lipinski definition) is 4. The Morgan fingerprint density at radius 3 is 2.43 bits per heavy atom. The van der Waals surface area contributed by atoms with Crippen molar-refractivity contribution in [3.05, 3.63) is 28.2 Å². The molecule has 0 radical (unpaired) electrons. The highest BCUT2D eigenvalue weighted by Gasteiger charge is 2.25. The fourth-order valence-electron chi connectivity index (χ4n) is 1.60. The second-order valence-corrected chi connectivity index (χ2v) is 7.53. The molecule has 1 amide bonds. The molecule has 1 atom stereocenters. The van der Waals surface area contributed by atoms with Crippen molar-refractivity contribution in [2.45, 2.75) is 11.8 Å². The van der Waals surface area contributed by atoms with E-state index in [1.807, 2.05) is 0 Å². The van der Waals surface area contributed by atoms with E-state index >= 15 is 0 Å². The van der Waals surface area contributed by atoms with E-state index in [-0.39, 0.29) is 17.0 Å². The van der Waals surface area contributed by atoms with Crippen molar-refractivity contribution in [1.29, 1.82) is 0 Å². The number of hydrogen-bond donors (Lipinski definition) is 2. The predicted molar refractivity (Wildman–Crippen MR) is 79.3 cm³/mol. The second kappa shape index (κ2) is 6.54. The molecular weight excluding hydrogens is 364 g/mol. The first-order valence-corrected chi connectivity index (χ1v) is 8.08. The maximum absolute atomic E-state index is 12.4. The normalized spacial score (nSPS) is 13.1. The predicted octanol–water partition coefficient (Wildman–Crippen LogP) is 0.889. The average molecular weight is 379 g/mol. The standard InChI is InChI=1S/C12H15BrN2O5S/c1-7(12(17)18)6-15(2)21(19,20)10-4-8(11(14)16)3-9(13)5-10/h3-5,7H,6H2,1-2H3,(H2,14,16)(H,17,18). The number of carboxylic acid groups (broad SMARTS) is 1. The Labute approximate surface area is 130 Å². The van der Waals surface area contributed by atoms with E-state index in [0.29, 0.717) is 4.47 Å². The van der Waals surface area contributed by atoms with E-state index in [0.717, 1.165) is 10.4 Å². The lowest BCUT2D eigenvalue weighted by Crippen LogP contribution is -2.33. The number of rotatable bonds is 6. The lowest BCUT2D eigenvalue weighted by atomic mass is 10.2. The molecule has 116 valence electrons. The van der Waals surface area contributed by atoms with E-state index in [4.69, 9.17) is 10.8 Å². The molecule has 0 saturated carbocycles. The van der Waals surface area contributed by atoms with Gasteiger partial charge >= 0.3 is 5.97 Å². The monoisotopic (exact) mass is 378 g/mol. The van der Waals surface area contributed by atoms with Gasteiger partial charge in [0.25, 0.3) is 0 Å². The van der Waals surface area contributed by atoms with Crippen molar-refractivity contribution >= 4 is 37.8 Å². The lowest BCUT2D eigenvalue weighted by Gasteiger charge is -2.19. The molecule has 7 nitrogen and oxygen atoms in total. The summed E-state index contributed by atoms with van der Waals surface area (Å²) in [5, 5.41) is 8.84. The first kappa shape index (κ1) is 17.6. The summed E-state index contributed by atoms with van der Waals surface area (Å²) in [5.74, 6) is -2.70. The number of benzene rings is 1. The van der Waals surface area contributed by atoms with Gasteiger partial charge in [-0.1, -0.05) is 22.9 Å². The summed E-state index contributed by atoms with van der Waals surface area (Å²) in [6.45, 7) is 1.22. The fraction of sp³-hybridized carbons (Fsp3) is 0.333. The molecule has 0 heterocycles. The molecule has 1 aromatic carbocycles. The molecule has 0 spiro atoms. The Morgan fingerprint density at radius 2 is 1.95 bits per heavy atom. The third-order valence-electron chi connectivity index (χ3n) is 2.82. The largest absolute Gasteiger partial charge is 0.481 e. The number of primary amides is 1. The smallest absolute Gasteiger partial charge is 0.307 e. The highest BCUT2D eigenvalue weighted by Crippen LogP contribution is 2.22. The van der Waals surface area contributed by atoms with Crippen LogP contribution in [0, 0.1) is 5.92 Å². The zero-order chi connectivity index (χ0) is 16.4. The van der Waals surface area contributed by atoms with Gasteiger partial charge in [-0.2, -0.15) is 0 Å². The number of nitrogens with zero attached hydrogens (tertiary/aromatic N) is 1. The topological polar surface area (TPSA) is 118 Å². The van der Waals surface area contributed by atoms with Gasteiger partial charge < -0.3 is 10.8 Å². The molecule has 9 heteroatoms. The van der Waals surface area contributed by atoms with Gasteiger partial charge in [-0.3, -0.25) is 9.59 Å². The quantitative estimate of drug-likeness (QED) is 0.761. The van der Waals surface area contributed by atoms with E-state index in [1.165, 1.54) is 26.1 Å². The van der Waals surface area contributed by atoms with Gasteiger partial charge in [0, 0.05) is 23.6 Å². The highest BCUT2D eigenvalue weighted by atomic mass is 79.9. The van der Waals surface area contributed by atoms with Gasteiger partial charge in [0.15, 0.2) is 0 Å². The molecule has 0 aliphatic carbocycles. The fourth-order valence-corrected chi connectivity index (χ4v) is 3.57. The van der Waals surface area contributed by atoms with E-state index in [9.17, 15) is 18.0 Å². The van der Waals surface area contributed by atoms with Crippen molar-refractivity contribution in [2.75, 3.05) is 13.6 Å². The molecule has 21 heavy (non-hydrogen) atoms. The Balaban J connectivity index is 3.18. The van der Waals surface area contributed by atoms with Crippen molar-refractivity contribution in [3.63, 3.8) is 0 Å². The van der Waals surface area contributed by atoms with Crippen molar-refractivity contribution in [1.82, 2.24) is 4.31 Å². The molecule has 1 aromatic rings. The zero-order valence-corrected chi connectivity index (χ0v) is 13.8. The SMILES string of the molecule is CC(CN(C)S(=O)(=O)c1cc(Br)cc(C(N)=O)c1)C(=O)O. The lowest BCUT2D eigenvalue weighted by molar-refractivity contribution is -0.141. The second-order valence-electron chi connectivity index (χ2n) is 4.56. The van der Waals surface area contributed by atoms with Crippen LogP contribution < -0.4 is 5.73 Å². The van der Waals surface area contributed by atoms with Crippen LogP contribution in [0.3, 0.4) is 0 Å². The number of carboxylic acids is 1. The summed E-state index contributed by atoms with van der Waals surface area (Å²) < 4.78 is 26.1. The Hall–Kier alpha value is -1.45. The van der Waals surface area contributed by atoms with Crippen LogP contribution in [0.1, 0.15) is 17.3 Å². The molecule has 0 aliphatic heterocycles. The Bertz CT molecular complexity index is 674. The van der Waals surface area contributed by atoms with Crippen molar-refractivity contribution in [2.24, 2.45) is 11.7 Å². The minimum Gasteiger partial charge on any atom is -0.481 e. The third-order valence-corrected chi connectivity index (χ3v) is 5.08. The zero-order valence-electron chi connectivity index (χ0n) is 11.4. The molecule has 3 N–H and O–H groups in total. The molecular formula is C12H15BrN2O5S. The first-order chi connectivity index (χ1) is 9.55. The summed E-state index contributed by atoms with van der Waals surface area (Å²) in [6.07, 6.45) is 0. The third kappa shape index (κ3) is 4.26. The number of nitrogens with two attached hydrogens (primary N) is 1. The maximum Gasteiger partial charge on any atom is 0.307 e. The molecule has 1 rings (SSSR count). The van der Waals surface area contributed by atoms with Crippen LogP contribution in [0.15, 0.2) is 27.6 Å². The van der Waals surface area contributed by atoms with Crippen LogP contribution in [-0.2, 0) is 14.8 Å². The van der Waals surface area contributed by atoms with Crippen LogP contribution in [-0.4, -0.2) is 43.3 Å². The summed E-state index contributed by atoms with van der Waals surface area (Å²) in [5.41, 5.74) is 5.19. The maximum atomic E-state index is 12.4. The average Bonchev–Trinajstić information content (AvgIpc) is 2.37. The molecule has 0 aliphatic rings. The Morgan fingerprint density at radius 1 is 1.38 bits per heavy atom. The van der Waals surface area contributed by atoms with Gasteiger partial charge in [0.05, 0.1) is 10.8 Å². The van der Waals surface area contributed by atoms with Gasteiger partial charge in [-0.05, 0) is 18.2 Å².